The van der Waals surface area contributed by atoms with E-state index in [2.05, 4.69) is 15.4 Å². The van der Waals surface area contributed by atoms with Crippen LogP contribution in [0.15, 0.2) is 74.4 Å². The molecule has 0 radical (unpaired) electrons. The van der Waals surface area contributed by atoms with Crippen molar-refractivity contribution < 1.29 is 9.21 Å². The molecule has 0 atom stereocenters. The standard InChI is InChI=1S/C20H17N5O4S/c26-18(12-24-13-22-15(11-20(24)28)17-4-2-10-30-17)21-7-8-25-19(27)6-5-14(23-25)16-3-1-9-29-16/h1-6,9-11,13H,7-8,12H2,(H,21,26). The lowest BCUT2D eigenvalue weighted by molar-refractivity contribution is -0.121. The van der Waals surface area contributed by atoms with Crippen molar-refractivity contribution in [3.05, 3.63) is 81.1 Å². The summed E-state index contributed by atoms with van der Waals surface area (Å²) in [5.41, 5.74) is 0.500. The topological polar surface area (TPSA) is 112 Å². The lowest BCUT2D eigenvalue weighted by Crippen LogP contribution is -2.35. The third-order valence-corrected chi connectivity index (χ3v) is 5.15. The zero-order valence-corrected chi connectivity index (χ0v) is 16.5. The number of thiophene rings is 1. The molecule has 10 heteroatoms. The molecular formula is C20H17N5O4S. The van der Waals surface area contributed by atoms with Crippen LogP contribution in [0.2, 0.25) is 0 Å². The van der Waals surface area contributed by atoms with E-state index in [-0.39, 0.29) is 36.7 Å². The lowest BCUT2D eigenvalue weighted by Gasteiger charge is -2.09. The Morgan fingerprint density at radius 1 is 1.10 bits per heavy atom. The fraction of sp³-hybridized carbons (Fsp3) is 0.150. The number of nitrogens with zero attached hydrogens (tertiary/aromatic N) is 4. The molecule has 9 nitrogen and oxygen atoms in total. The molecule has 0 aliphatic heterocycles. The van der Waals surface area contributed by atoms with Gasteiger partial charge in [0.1, 0.15) is 12.2 Å². The van der Waals surface area contributed by atoms with Gasteiger partial charge in [-0.2, -0.15) is 5.10 Å². The van der Waals surface area contributed by atoms with Crippen LogP contribution >= 0.6 is 11.3 Å². The number of hydrogen-bond acceptors (Lipinski definition) is 7. The van der Waals surface area contributed by atoms with Gasteiger partial charge < -0.3 is 9.73 Å². The number of rotatable bonds is 7. The first-order valence-electron chi connectivity index (χ1n) is 9.09. The zero-order chi connectivity index (χ0) is 20.9. The van der Waals surface area contributed by atoms with Crippen LogP contribution in [-0.2, 0) is 17.9 Å². The highest BCUT2D eigenvalue weighted by molar-refractivity contribution is 7.13. The molecule has 152 valence electrons. The van der Waals surface area contributed by atoms with E-state index in [1.807, 2.05) is 17.5 Å². The van der Waals surface area contributed by atoms with Crippen molar-refractivity contribution in [1.82, 2.24) is 24.6 Å². The van der Waals surface area contributed by atoms with Crippen LogP contribution in [0.4, 0.5) is 0 Å². The van der Waals surface area contributed by atoms with Crippen molar-refractivity contribution in [2.45, 2.75) is 13.1 Å². The number of hydrogen-bond donors (Lipinski definition) is 1. The van der Waals surface area contributed by atoms with E-state index in [1.54, 1.807) is 18.2 Å². The molecule has 0 aliphatic carbocycles. The quantitative estimate of drug-likeness (QED) is 0.483. The van der Waals surface area contributed by atoms with E-state index >= 15 is 0 Å². The Labute approximate surface area is 174 Å². The number of amides is 1. The van der Waals surface area contributed by atoms with Crippen LogP contribution in [0.5, 0.6) is 0 Å². The molecule has 0 saturated heterocycles. The highest BCUT2D eigenvalue weighted by atomic mass is 32.1. The summed E-state index contributed by atoms with van der Waals surface area (Å²) in [5.74, 6) is 0.184. The molecule has 4 heterocycles. The summed E-state index contributed by atoms with van der Waals surface area (Å²) in [6.07, 6.45) is 2.88. The molecule has 0 aliphatic rings. The summed E-state index contributed by atoms with van der Waals surface area (Å²) < 4.78 is 7.76. The number of carbonyl (C=O) groups excluding carboxylic acids is 1. The Balaban J connectivity index is 1.35. The molecule has 0 aromatic carbocycles. The lowest BCUT2D eigenvalue weighted by atomic mass is 10.3. The van der Waals surface area contributed by atoms with Gasteiger partial charge in [0.25, 0.3) is 11.1 Å². The summed E-state index contributed by atoms with van der Waals surface area (Å²) in [4.78, 5) is 41.5. The van der Waals surface area contributed by atoms with E-state index in [9.17, 15) is 14.4 Å². The maximum Gasteiger partial charge on any atom is 0.266 e. The molecule has 0 unspecified atom stereocenters. The van der Waals surface area contributed by atoms with Gasteiger partial charge in [0.2, 0.25) is 5.91 Å². The minimum absolute atomic E-state index is 0.161. The normalized spacial score (nSPS) is 10.8. The van der Waals surface area contributed by atoms with Crippen LogP contribution in [0.25, 0.3) is 22.0 Å². The molecule has 1 N–H and O–H groups in total. The van der Waals surface area contributed by atoms with Crippen molar-refractivity contribution in [3.8, 4) is 22.0 Å². The van der Waals surface area contributed by atoms with Crippen molar-refractivity contribution >= 4 is 17.2 Å². The molecule has 4 rings (SSSR count). The van der Waals surface area contributed by atoms with E-state index < -0.39 is 0 Å². The SMILES string of the molecule is O=C(Cn1cnc(-c2cccs2)cc1=O)NCCn1nc(-c2ccco2)ccc1=O. The summed E-state index contributed by atoms with van der Waals surface area (Å²) in [6.45, 7) is 0.206. The largest absolute Gasteiger partial charge is 0.463 e. The smallest absolute Gasteiger partial charge is 0.266 e. The predicted molar refractivity (Wildman–Crippen MR) is 111 cm³/mol. The minimum atomic E-state index is -0.363. The van der Waals surface area contributed by atoms with E-state index in [0.29, 0.717) is 17.1 Å². The van der Waals surface area contributed by atoms with Gasteiger partial charge in [-0.1, -0.05) is 6.07 Å². The molecule has 4 aromatic heterocycles. The van der Waals surface area contributed by atoms with Gasteiger partial charge in [0, 0.05) is 18.7 Å². The Morgan fingerprint density at radius 3 is 2.73 bits per heavy atom. The average molecular weight is 423 g/mol. The van der Waals surface area contributed by atoms with Gasteiger partial charge in [0.05, 0.1) is 29.7 Å². The Morgan fingerprint density at radius 2 is 2.00 bits per heavy atom. The van der Waals surface area contributed by atoms with Crippen molar-refractivity contribution in [2.75, 3.05) is 6.54 Å². The summed E-state index contributed by atoms with van der Waals surface area (Å²) in [6, 6.07) is 11.6. The van der Waals surface area contributed by atoms with Crippen LogP contribution in [-0.4, -0.2) is 31.8 Å². The monoisotopic (exact) mass is 423 g/mol. The first-order chi connectivity index (χ1) is 14.6. The maximum absolute atomic E-state index is 12.2. The number of furan rings is 1. The molecule has 0 fully saturated rings. The van der Waals surface area contributed by atoms with Gasteiger partial charge in [-0.05, 0) is 29.6 Å². The van der Waals surface area contributed by atoms with Gasteiger partial charge in [-0.25, -0.2) is 9.67 Å². The molecule has 0 saturated carbocycles. The van der Waals surface area contributed by atoms with E-state index in [4.69, 9.17) is 4.42 Å². The molecule has 0 bridgehead atoms. The maximum atomic E-state index is 12.2. The Kier molecular flexibility index (Phi) is 5.66. The second-order valence-corrected chi connectivity index (χ2v) is 7.27. The summed E-state index contributed by atoms with van der Waals surface area (Å²) in [5, 5.41) is 8.82. The summed E-state index contributed by atoms with van der Waals surface area (Å²) >= 11 is 1.49. The third kappa shape index (κ3) is 4.44. The van der Waals surface area contributed by atoms with Crippen molar-refractivity contribution in [1.29, 1.82) is 0 Å². The average Bonchev–Trinajstić information content (AvgIpc) is 3.45. The van der Waals surface area contributed by atoms with Gasteiger partial charge in [0.15, 0.2) is 5.76 Å². The predicted octanol–water partition coefficient (Wildman–Crippen LogP) is 1.60. The van der Waals surface area contributed by atoms with Crippen LogP contribution < -0.4 is 16.4 Å². The molecular weight excluding hydrogens is 406 g/mol. The van der Waals surface area contributed by atoms with Crippen molar-refractivity contribution in [2.24, 2.45) is 0 Å². The van der Waals surface area contributed by atoms with E-state index in [0.717, 1.165) is 4.88 Å². The van der Waals surface area contributed by atoms with Crippen LogP contribution in [0.1, 0.15) is 0 Å². The minimum Gasteiger partial charge on any atom is -0.463 e. The first-order valence-corrected chi connectivity index (χ1v) is 9.97. The third-order valence-electron chi connectivity index (χ3n) is 4.25. The number of nitrogens with one attached hydrogen (secondary N) is 1. The van der Waals surface area contributed by atoms with Crippen LogP contribution in [0.3, 0.4) is 0 Å². The van der Waals surface area contributed by atoms with Crippen molar-refractivity contribution in [3.63, 3.8) is 0 Å². The van der Waals surface area contributed by atoms with Crippen LogP contribution in [0, 0.1) is 0 Å². The summed E-state index contributed by atoms with van der Waals surface area (Å²) in [7, 11) is 0. The van der Waals surface area contributed by atoms with Gasteiger partial charge in [-0.15, -0.1) is 11.3 Å². The molecule has 4 aromatic rings. The first kappa shape index (κ1) is 19.5. The van der Waals surface area contributed by atoms with Gasteiger partial charge in [-0.3, -0.25) is 19.0 Å². The fourth-order valence-corrected chi connectivity index (χ4v) is 3.47. The number of aromatic nitrogens is 4. The molecule has 1 amide bonds. The van der Waals surface area contributed by atoms with Gasteiger partial charge >= 0.3 is 0 Å². The molecule has 0 spiro atoms. The molecule has 30 heavy (non-hydrogen) atoms. The second-order valence-electron chi connectivity index (χ2n) is 6.32. The highest BCUT2D eigenvalue weighted by Crippen LogP contribution is 2.20. The second kappa shape index (κ2) is 8.70. The van der Waals surface area contributed by atoms with E-state index in [1.165, 1.54) is 45.3 Å². The number of carbonyl (C=O) groups is 1. The zero-order valence-electron chi connectivity index (χ0n) is 15.7. The Bertz CT molecular complexity index is 1260. The highest BCUT2D eigenvalue weighted by Gasteiger charge is 2.09. The Hall–Kier alpha value is -3.79. The fourth-order valence-electron chi connectivity index (χ4n) is 2.78.